The Labute approximate surface area is 113 Å². The number of anilines is 1. The fourth-order valence-electron chi connectivity index (χ4n) is 2.19. The average Bonchev–Trinajstić information content (AvgIpc) is 2.35. The molecule has 2 rings (SSSR count). The number of fused-ring (bicyclic) bond motifs is 1. The molecule has 0 saturated heterocycles. The molecule has 2 aromatic carbocycles. The Morgan fingerprint density at radius 2 is 1.84 bits per heavy atom. The maximum absolute atomic E-state index is 10.8. The molecule has 0 fully saturated rings. The van der Waals surface area contributed by atoms with Gasteiger partial charge in [0.15, 0.2) is 0 Å². The average molecular weight is 257 g/mol. The van der Waals surface area contributed by atoms with E-state index < -0.39 is 5.97 Å². The van der Waals surface area contributed by atoms with Crippen LogP contribution in [0.25, 0.3) is 10.8 Å². The largest absolute Gasteiger partial charge is 0.481 e. The van der Waals surface area contributed by atoms with Crippen LogP contribution in [0.15, 0.2) is 42.5 Å². The van der Waals surface area contributed by atoms with Crippen LogP contribution in [0.4, 0.5) is 5.69 Å². The molecule has 2 aromatic rings. The van der Waals surface area contributed by atoms with Crippen molar-refractivity contribution in [2.75, 3.05) is 11.9 Å². The molecule has 0 spiro atoms. The van der Waals surface area contributed by atoms with Gasteiger partial charge in [-0.05, 0) is 16.9 Å². The Morgan fingerprint density at radius 1 is 1.16 bits per heavy atom. The Morgan fingerprint density at radius 3 is 2.58 bits per heavy atom. The molecule has 0 aliphatic carbocycles. The molecule has 19 heavy (non-hydrogen) atoms. The first-order chi connectivity index (χ1) is 8.98. The Kier molecular flexibility index (Phi) is 3.74. The molecule has 0 heterocycles. The summed E-state index contributed by atoms with van der Waals surface area (Å²) in [5.41, 5.74) is 0.777. The maximum Gasteiger partial charge on any atom is 0.303 e. The molecule has 0 amide bonds. The third-order valence-corrected chi connectivity index (χ3v) is 3.18. The van der Waals surface area contributed by atoms with Crippen LogP contribution in [0.3, 0.4) is 0 Å². The van der Waals surface area contributed by atoms with Gasteiger partial charge in [-0.25, -0.2) is 0 Å². The monoisotopic (exact) mass is 257 g/mol. The zero-order valence-electron chi connectivity index (χ0n) is 11.3. The summed E-state index contributed by atoms with van der Waals surface area (Å²) in [5.74, 6) is -0.760. The minimum absolute atomic E-state index is 0.158. The molecule has 0 bridgehead atoms. The molecule has 0 aliphatic rings. The van der Waals surface area contributed by atoms with Crippen molar-refractivity contribution >= 4 is 22.4 Å². The molecule has 0 atom stereocenters. The van der Waals surface area contributed by atoms with Crippen molar-refractivity contribution in [1.82, 2.24) is 0 Å². The topological polar surface area (TPSA) is 49.3 Å². The first kappa shape index (κ1) is 13.4. The zero-order valence-corrected chi connectivity index (χ0v) is 11.3. The van der Waals surface area contributed by atoms with Crippen LogP contribution in [0, 0.1) is 5.41 Å². The maximum atomic E-state index is 10.8. The highest BCUT2D eigenvalue weighted by atomic mass is 16.4. The summed E-state index contributed by atoms with van der Waals surface area (Å²) in [6.45, 7) is 4.55. The number of benzene rings is 2. The van der Waals surface area contributed by atoms with Gasteiger partial charge >= 0.3 is 5.97 Å². The molecule has 0 aromatic heterocycles. The summed E-state index contributed by atoms with van der Waals surface area (Å²) in [4.78, 5) is 10.8. The number of nitrogens with one attached hydrogen (secondary N) is 1. The predicted octanol–water partition coefficient (Wildman–Crippen LogP) is 3.75. The Balaban J connectivity index is 2.16. The lowest BCUT2D eigenvalue weighted by atomic mass is 9.89. The molecule has 0 radical (unpaired) electrons. The smallest absolute Gasteiger partial charge is 0.303 e. The number of rotatable bonds is 5. The molecule has 100 valence electrons. The Hall–Kier alpha value is -2.03. The minimum atomic E-state index is -0.760. The number of carbonyl (C=O) groups is 1. The van der Waals surface area contributed by atoms with E-state index in [9.17, 15) is 4.79 Å². The van der Waals surface area contributed by atoms with E-state index in [0.717, 1.165) is 11.1 Å². The lowest BCUT2D eigenvalue weighted by molar-refractivity contribution is -0.139. The molecule has 3 heteroatoms. The van der Waals surface area contributed by atoms with Crippen molar-refractivity contribution < 1.29 is 9.90 Å². The first-order valence-electron chi connectivity index (χ1n) is 6.41. The van der Waals surface area contributed by atoms with Gasteiger partial charge in [0, 0.05) is 17.6 Å². The third-order valence-electron chi connectivity index (χ3n) is 3.18. The van der Waals surface area contributed by atoms with E-state index in [1.807, 2.05) is 38.1 Å². The second kappa shape index (κ2) is 5.31. The first-order valence-corrected chi connectivity index (χ1v) is 6.41. The van der Waals surface area contributed by atoms with E-state index in [4.69, 9.17) is 5.11 Å². The summed E-state index contributed by atoms with van der Waals surface area (Å²) in [5, 5.41) is 14.6. The van der Waals surface area contributed by atoms with E-state index in [0.29, 0.717) is 6.54 Å². The normalized spacial score (nSPS) is 11.5. The fraction of sp³-hybridized carbons (Fsp3) is 0.312. The number of hydrogen-bond donors (Lipinski definition) is 2. The van der Waals surface area contributed by atoms with Crippen LogP contribution in [0.5, 0.6) is 0 Å². The van der Waals surface area contributed by atoms with Gasteiger partial charge in [0.2, 0.25) is 0 Å². The lowest BCUT2D eigenvalue weighted by Crippen LogP contribution is -2.26. The van der Waals surface area contributed by atoms with Gasteiger partial charge in [-0.1, -0.05) is 50.2 Å². The van der Waals surface area contributed by atoms with Crippen molar-refractivity contribution in [3.8, 4) is 0 Å². The number of carboxylic acid groups (broad SMARTS) is 1. The fourth-order valence-corrected chi connectivity index (χ4v) is 2.19. The van der Waals surface area contributed by atoms with E-state index in [1.54, 1.807) is 0 Å². The molecule has 0 unspecified atom stereocenters. The van der Waals surface area contributed by atoms with Crippen molar-refractivity contribution in [3.05, 3.63) is 42.5 Å². The van der Waals surface area contributed by atoms with Gasteiger partial charge in [0.1, 0.15) is 0 Å². The number of hydrogen-bond acceptors (Lipinski definition) is 2. The highest BCUT2D eigenvalue weighted by molar-refractivity contribution is 5.93. The molecule has 3 nitrogen and oxygen atoms in total. The van der Waals surface area contributed by atoms with Gasteiger partial charge in [-0.2, -0.15) is 0 Å². The quantitative estimate of drug-likeness (QED) is 0.857. The molecule has 2 N–H and O–H groups in total. The van der Waals surface area contributed by atoms with Gasteiger partial charge in [-0.3, -0.25) is 4.79 Å². The summed E-state index contributed by atoms with van der Waals surface area (Å²) < 4.78 is 0. The minimum Gasteiger partial charge on any atom is -0.481 e. The van der Waals surface area contributed by atoms with Gasteiger partial charge in [-0.15, -0.1) is 0 Å². The Bertz CT molecular complexity index is 585. The SMILES string of the molecule is CC(C)(CNc1cccc2ccccc12)CC(=O)O. The highest BCUT2D eigenvalue weighted by Gasteiger charge is 2.21. The van der Waals surface area contributed by atoms with Crippen molar-refractivity contribution in [1.29, 1.82) is 0 Å². The summed E-state index contributed by atoms with van der Waals surface area (Å²) in [6, 6.07) is 14.3. The van der Waals surface area contributed by atoms with Crippen LogP contribution in [0.2, 0.25) is 0 Å². The van der Waals surface area contributed by atoms with Crippen LogP contribution >= 0.6 is 0 Å². The second-order valence-corrected chi connectivity index (χ2v) is 5.61. The molecule has 0 saturated carbocycles. The number of aliphatic carboxylic acids is 1. The lowest BCUT2D eigenvalue weighted by Gasteiger charge is -2.24. The van der Waals surface area contributed by atoms with Crippen molar-refractivity contribution in [3.63, 3.8) is 0 Å². The van der Waals surface area contributed by atoms with Gasteiger partial charge in [0.05, 0.1) is 6.42 Å². The van der Waals surface area contributed by atoms with Crippen LogP contribution in [-0.4, -0.2) is 17.6 Å². The van der Waals surface area contributed by atoms with Crippen LogP contribution in [-0.2, 0) is 4.79 Å². The van der Waals surface area contributed by atoms with Crippen LogP contribution in [0.1, 0.15) is 20.3 Å². The van der Waals surface area contributed by atoms with Gasteiger partial charge < -0.3 is 10.4 Å². The van der Waals surface area contributed by atoms with Crippen molar-refractivity contribution in [2.24, 2.45) is 5.41 Å². The van der Waals surface area contributed by atoms with Crippen LogP contribution < -0.4 is 5.32 Å². The van der Waals surface area contributed by atoms with E-state index >= 15 is 0 Å². The summed E-state index contributed by atoms with van der Waals surface area (Å²) in [6.07, 6.45) is 0.158. The van der Waals surface area contributed by atoms with E-state index in [1.165, 1.54) is 5.39 Å². The van der Waals surface area contributed by atoms with Gasteiger partial charge in [0.25, 0.3) is 0 Å². The van der Waals surface area contributed by atoms with Crippen molar-refractivity contribution in [2.45, 2.75) is 20.3 Å². The highest BCUT2D eigenvalue weighted by Crippen LogP contribution is 2.26. The standard InChI is InChI=1S/C16H19NO2/c1-16(2,10-15(18)19)11-17-14-9-5-7-12-6-3-4-8-13(12)14/h3-9,17H,10-11H2,1-2H3,(H,18,19). The molecule has 0 aliphatic heterocycles. The zero-order chi connectivity index (χ0) is 13.9. The summed E-state index contributed by atoms with van der Waals surface area (Å²) in [7, 11) is 0. The molecular weight excluding hydrogens is 238 g/mol. The number of carboxylic acids is 1. The second-order valence-electron chi connectivity index (χ2n) is 5.61. The third kappa shape index (κ3) is 3.47. The summed E-state index contributed by atoms with van der Waals surface area (Å²) >= 11 is 0. The van der Waals surface area contributed by atoms with E-state index in [2.05, 4.69) is 23.5 Å². The molecular formula is C16H19NO2. The van der Waals surface area contributed by atoms with E-state index in [-0.39, 0.29) is 11.8 Å². The predicted molar refractivity (Wildman–Crippen MR) is 78.5 cm³/mol.